The normalized spacial score (nSPS) is 12.5. The van der Waals surface area contributed by atoms with Gasteiger partial charge in [-0.05, 0) is 61.9 Å². The van der Waals surface area contributed by atoms with E-state index < -0.39 is 0 Å². The Morgan fingerprint density at radius 1 is 1.20 bits per heavy atom. The Bertz CT molecular complexity index is 931. The Labute approximate surface area is 180 Å². The number of rotatable bonds is 9. The van der Waals surface area contributed by atoms with Gasteiger partial charge in [0, 0.05) is 25.1 Å². The van der Waals surface area contributed by atoms with Crippen LogP contribution in [-0.2, 0) is 22.4 Å². The quantitative estimate of drug-likeness (QED) is 0.598. The van der Waals surface area contributed by atoms with Crippen LogP contribution < -0.4 is 15.4 Å². The fourth-order valence-corrected chi connectivity index (χ4v) is 4.64. The summed E-state index contributed by atoms with van der Waals surface area (Å²) in [5.74, 6) is 0.0194. The lowest BCUT2D eigenvalue weighted by molar-refractivity contribution is -0.118. The topological polar surface area (TPSA) is 100 Å². The SMILES string of the molecule is COCCCNC(=O)c1c(NC(=O)COc2ccc(C#N)cc2)sc2c1CCCC2. The lowest BCUT2D eigenvalue weighted by Gasteiger charge is -2.13. The van der Waals surface area contributed by atoms with E-state index in [4.69, 9.17) is 14.7 Å². The third-order valence-electron chi connectivity index (χ3n) is 4.82. The molecule has 1 heterocycles. The first-order valence-electron chi connectivity index (χ1n) is 9.97. The Kier molecular flexibility index (Phi) is 7.82. The summed E-state index contributed by atoms with van der Waals surface area (Å²) >= 11 is 1.48. The van der Waals surface area contributed by atoms with Crippen molar-refractivity contribution >= 4 is 28.2 Å². The van der Waals surface area contributed by atoms with E-state index in [0.29, 0.717) is 35.0 Å². The molecule has 0 unspecified atom stereocenters. The van der Waals surface area contributed by atoms with Gasteiger partial charge in [-0.1, -0.05) is 0 Å². The fourth-order valence-electron chi connectivity index (χ4n) is 3.34. The Hall–Kier alpha value is -2.89. The highest BCUT2D eigenvalue weighted by molar-refractivity contribution is 7.17. The zero-order chi connectivity index (χ0) is 21.3. The molecule has 0 aliphatic heterocycles. The summed E-state index contributed by atoms with van der Waals surface area (Å²) in [7, 11) is 1.63. The third-order valence-corrected chi connectivity index (χ3v) is 6.02. The Morgan fingerprint density at radius 3 is 2.70 bits per heavy atom. The molecule has 2 aromatic rings. The van der Waals surface area contributed by atoms with Crippen LogP contribution in [0.4, 0.5) is 5.00 Å². The third kappa shape index (κ3) is 5.59. The number of anilines is 1. The molecule has 1 aromatic carbocycles. The van der Waals surface area contributed by atoms with E-state index in [-0.39, 0.29) is 18.4 Å². The van der Waals surface area contributed by atoms with Gasteiger partial charge in [-0.15, -0.1) is 11.3 Å². The standard InChI is InChI=1S/C22H25N3O4S/c1-28-12-4-11-24-21(27)20-17-5-2-3-6-18(17)30-22(20)25-19(26)14-29-16-9-7-15(13-23)8-10-16/h7-10H,2-6,11-12,14H2,1H3,(H,24,27)(H,25,26). The van der Waals surface area contributed by atoms with Gasteiger partial charge in [0.2, 0.25) is 0 Å². The number of nitrogens with zero attached hydrogens (tertiary/aromatic N) is 1. The van der Waals surface area contributed by atoms with Crippen molar-refractivity contribution in [3.8, 4) is 11.8 Å². The summed E-state index contributed by atoms with van der Waals surface area (Å²) in [6.45, 7) is 0.925. The first-order valence-corrected chi connectivity index (χ1v) is 10.8. The van der Waals surface area contributed by atoms with Crippen LogP contribution in [0.25, 0.3) is 0 Å². The van der Waals surface area contributed by atoms with Crippen molar-refractivity contribution in [1.29, 1.82) is 5.26 Å². The van der Waals surface area contributed by atoms with Crippen LogP contribution in [-0.4, -0.2) is 38.7 Å². The van der Waals surface area contributed by atoms with E-state index in [9.17, 15) is 9.59 Å². The predicted octanol–water partition coefficient (Wildman–Crippen LogP) is 3.28. The first kappa shape index (κ1) is 21.8. The summed E-state index contributed by atoms with van der Waals surface area (Å²) in [4.78, 5) is 26.5. The van der Waals surface area contributed by atoms with Crippen molar-refractivity contribution in [1.82, 2.24) is 5.32 Å². The highest BCUT2D eigenvalue weighted by Crippen LogP contribution is 2.38. The predicted molar refractivity (Wildman–Crippen MR) is 115 cm³/mol. The van der Waals surface area contributed by atoms with Crippen LogP contribution in [0.2, 0.25) is 0 Å². The van der Waals surface area contributed by atoms with Gasteiger partial charge in [-0.25, -0.2) is 0 Å². The molecule has 1 aromatic heterocycles. The molecule has 8 heteroatoms. The van der Waals surface area contributed by atoms with Gasteiger partial charge >= 0.3 is 0 Å². The molecule has 0 atom stereocenters. The van der Waals surface area contributed by atoms with Gasteiger partial charge in [0.1, 0.15) is 10.8 Å². The first-order chi connectivity index (χ1) is 14.6. The molecular formula is C22H25N3O4S. The molecule has 0 saturated carbocycles. The van der Waals surface area contributed by atoms with E-state index in [1.54, 1.807) is 31.4 Å². The van der Waals surface area contributed by atoms with Gasteiger partial charge in [0.05, 0.1) is 17.2 Å². The minimum absolute atomic E-state index is 0.159. The second-order valence-corrected chi connectivity index (χ2v) is 8.10. The van der Waals surface area contributed by atoms with E-state index in [2.05, 4.69) is 10.6 Å². The van der Waals surface area contributed by atoms with Crippen molar-refractivity contribution in [3.63, 3.8) is 0 Å². The molecule has 0 radical (unpaired) electrons. The number of hydrogen-bond donors (Lipinski definition) is 2. The number of aryl methyl sites for hydroxylation is 1. The molecular weight excluding hydrogens is 402 g/mol. The summed E-state index contributed by atoms with van der Waals surface area (Å²) in [6, 6.07) is 8.59. The number of thiophene rings is 1. The maximum Gasteiger partial charge on any atom is 0.262 e. The average molecular weight is 428 g/mol. The van der Waals surface area contributed by atoms with Crippen LogP contribution in [0, 0.1) is 11.3 Å². The van der Waals surface area contributed by atoms with Crippen molar-refractivity contribution in [2.24, 2.45) is 0 Å². The molecule has 0 spiro atoms. The van der Waals surface area contributed by atoms with E-state index in [1.807, 2.05) is 6.07 Å². The number of hydrogen-bond acceptors (Lipinski definition) is 6. The number of nitriles is 1. The molecule has 1 aliphatic rings. The molecule has 1 aliphatic carbocycles. The smallest absolute Gasteiger partial charge is 0.262 e. The van der Waals surface area contributed by atoms with Crippen molar-refractivity contribution in [2.75, 3.05) is 32.2 Å². The van der Waals surface area contributed by atoms with Gasteiger partial charge in [-0.2, -0.15) is 5.26 Å². The summed E-state index contributed by atoms with van der Waals surface area (Å²) in [5, 5.41) is 15.2. The van der Waals surface area contributed by atoms with Crippen LogP contribution in [0.1, 0.15) is 45.6 Å². The molecule has 2 N–H and O–H groups in total. The van der Waals surface area contributed by atoms with Gasteiger partial charge < -0.3 is 20.1 Å². The van der Waals surface area contributed by atoms with Crippen molar-refractivity contribution < 1.29 is 19.1 Å². The average Bonchev–Trinajstić information content (AvgIpc) is 3.13. The van der Waals surface area contributed by atoms with E-state index in [0.717, 1.165) is 37.7 Å². The lowest BCUT2D eigenvalue weighted by atomic mass is 9.95. The van der Waals surface area contributed by atoms with Crippen LogP contribution in [0.5, 0.6) is 5.75 Å². The zero-order valence-electron chi connectivity index (χ0n) is 17.0. The van der Waals surface area contributed by atoms with Gasteiger partial charge in [-0.3, -0.25) is 9.59 Å². The van der Waals surface area contributed by atoms with Crippen molar-refractivity contribution in [3.05, 3.63) is 45.8 Å². The Morgan fingerprint density at radius 2 is 1.97 bits per heavy atom. The number of nitrogens with one attached hydrogen (secondary N) is 2. The summed E-state index contributed by atoms with van der Waals surface area (Å²) in [5.41, 5.74) is 2.16. The highest BCUT2D eigenvalue weighted by atomic mass is 32.1. The number of carbonyl (C=O) groups excluding carboxylic acids is 2. The molecule has 3 rings (SSSR count). The number of amides is 2. The monoisotopic (exact) mass is 427 g/mol. The minimum Gasteiger partial charge on any atom is -0.484 e. The van der Waals surface area contributed by atoms with Crippen LogP contribution in [0.15, 0.2) is 24.3 Å². The summed E-state index contributed by atoms with van der Waals surface area (Å²) < 4.78 is 10.5. The fraction of sp³-hybridized carbons (Fsp3) is 0.409. The van der Waals surface area contributed by atoms with E-state index in [1.165, 1.54) is 16.2 Å². The molecule has 0 fully saturated rings. The molecule has 2 amide bonds. The highest BCUT2D eigenvalue weighted by Gasteiger charge is 2.26. The second-order valence-electron chi connectivity index (χ2n) is 6.99. The molecule has 30 heavy (non-hydrogen) atoms. The molecule has 0 saturated heterocycles. The summed E-state index contributed by atoms with van der Waals surface area (Å²) in [6.07, 6.45) is 4.65. The van der Waals surface area contributed by atoms with Crippen LogP contribution >= 0.6 is 11.3 Å². The zero-order valence-corrected chi connectivity index (χ0v) is 17.8. The number of fused-ring (bicyclic) bond motifs is 1. The lowest BCUT2D eigenvalue weighted by Crippen LogP contribution is -2.28. The van der Waals surface area contributed by atoms with Crippen LogP contribution in [0.3, 0.4) is 0 Å². The minimum atomic E-state index is -0.327. The molecule has 0 bridgehead atoms. The molecule has 7 nitrogen and oxygen atoms in total. The number of carbonyl (C=O) groups is 2. The maximum atomic E-state index is 12.8. The largest absolute Gasteiger partial charge is 0.484 e. The number of ether oxygens (including phenoxy) is 2. The van der Waals surface area contributed by atoms with Gasteiger partial charge in [0.25, 0.3) is 11.8 Å². The number of benzene rings is 1. The van der Waals surface area contributed by atoms with E-state index >= 15 is 0 Å². The number of methoxy groups -OCH3 is 1. The maximum absolute atomic E-state index is 12.8. The van der Waals surface area contributed by atoms with Gasteiger partial charge in [0.15, 0.2) is 6.61 Å². The molecule has 158 valence electrons. The second kappa shape index (κ2) is 10.8. The Balaban J connectivity index is 1.66. The van der Waals surface area contributed by atoms with Crippen molar-refractivity contribution in [2.45, 2.75) is 32.1 Å².